The summed E-state index contributed by atoms with van der Waals surface area (Å²) in [6, 6.07) is 6.83. The lowest BCUT2D eigenvalue weighted by atomic mass is 10.0. The highest BCUT2D eigenvalue weighted by Crippen LogP contribution is 2.24. The first-order valence-corrected chi connectivity index (χ1v) is 6.63. The van der Waals surface area contributed by atoms with E-state index in [1.54, 1.807) is 0 Å². The first-order valence-electron chi connectivity index (χ1n) is 5.84. The van der Waals surface area contributed by atoms with Crippen LogP contribution in [0.3, 0.4) is 0 Å². The van der Waals surface area contributed by atoms with Crippen LogP contribution >= 0.6 is 15.9 Å². The monoisotopic (exact) mass is 284 g/mol. The molecule has 0 bridgehead atoms. The first-order chi connectivity index (χ1) is 7.63. The fourth-order valence-corrected chi connectivity index (χ4v) is 2.37. The summed E-state index contributed by atoms with van der Waals surface area (Å²) in [5.41, 5.74) is 8.45. The molecule has 3 heteroatoms. The van der Waals surface area contributed by atoms with Gasteiger partial charge < -0.3 is 5.73 Å². The van der Waals surface area contributed by atoms with Gasteiger partial charge in [-0.3, -0.25) is 4.90 Å². The molecule has 1 rings (SSSR count). The van der Waals surface area contributed by atoms with Crippen molar-refractivity contribution in [3.05, 3.63) is 33.8 Å². The number of aryl methyl sites for hydroxylation is 1. The van der Waals surface area contributed by atoms with Crippen LogP contribution in [0.25, 0.3) is 0 Å². The van der Waals surface area contributed by atoms with E-state index in [9.17, 15) is 0 Å². The van der Waals surface area contributed by atoms with Gasteiger partial charge in [-0.15, -0.1) is 0 Å². The van der Waals surface area contributed by atoms with E-state index in [1.165, 1.54) is 11.1 Å². The highest BCUT2D eigenvalue weighted by Gasteiger charge is 2.16. The van der Waals surface area contributed by atoms with E-state index in [-0.39, 0.29) is 0 Å². The summed E-state index contributed by atoms with van der Waals surface area (Å²) in [5, 5.41) is 0. The lowest BCUT2D eigenvalue weighted by molar-refractivity contribution is 0.224. The summed E-state index contributed by atoms with van der Waals surface area (Å²) in [5.74, 6) is 0. The normalized spacial score (nSPS) is 13.1. The van der Waals surface area contributed by atoms with Crippen LogP contribution in [0.2, 0.25) is 0 Å². The minimum absolute atomic E-state index is 0.326. The fraction of sp³-hybridized carbons (Fsp3) is 0.538. The van der Waals surface area contributed by atoms with Gasteiger partial charge in [-0.05, 0) is 37.2 Å². The van der Waals surface area contributed by atoms with Crippen LogP contribution in [0.4, 0.5) is 0 Å². The Labute approximate surface area is 107 Å². The van der Waals surface area contributed by atoms with Crippen molar-refractivity contribution in [1.29, 1.82) is 0 Å². The second-order valence-electron chi connectivity index (χ2n) is 3.98. The maximum atomic E-state index is 5.89. The SMILES string of the molecule is CCN(CC)C(CN)c1ccc(C)c(Br)c1. The molecule has 1 unspecified atom stereocenters. The second kappa shape index (κ2) is 6.38. The number of rotatable bonds is 5. The van der Waals surface area contributed by atoms with Gasteiger partial charge in [-0.25, -0.2) is 0 Å². The maximum absolute atomic E-state index is 5.89. The highest BCUT2D eigenvalue weighted by atomic mass is 79.9. The van der Waals surface area contributed by atoms with E-state index >= 15 is 0 Å². The van der Waals surface area contributed by atoms with Crippen molar-refractivity contribution in [3.63, 3.8) is 0 Å². The second-order valence-corrected chi connectivity index (χ2v) is 4.84. The van der Waals surface area contributed by atoms with E-state index in [0.29, 0.717) is 12.6 Å². The molecule has 0 heterocycles. The molecule has 0 saturated carbocycles. The molecule has 1 atom stereocenters. The molecule has 2 N–H and O–H groups in total. The topological polar surface area (TPSA) is 29.3 Å². The largest absolute Gasteiger partial charge is 0.329 e. The Kier molecular flexibility index (Phi) is 5.46. The Balaban J connectivity index is 2.98. The Bertz CT molecular complexity index is 335. The van der Waals surface area contributed by atoms with Gasteiger partial charge in [0.25, 0.3) is 0 Å². The predicted octanol–water partition coefficient (Wildman–Crippen LogP) is 3.10. The molecular weight excluding hydrogens is 264 g/mol. The maximum Gasteiger partial charge on any atom is 0.0470 e. The van der Waals surface area contributed by atoms with Crippen LogP contribution < -0.4 is 5.73 Å². The molecule has 0 saturated heterocycles. The Morgan fingerprint density at radius 2 is 1.94 bits per heavy atom. The van der Waals surface area contributed by atoms with E-state index in [2.05, 4.69) is 59.8 Å². The molecule has 1 aromatic rings. The standard InChI is InChI=1S/C13H21BrN2/c1-4-16(5-2)13(9-15)11-7-6-10(3)12(14)8-11/h6-8,13H,4-5,9,15H2,1-3H3. The van der Waals surface area contributed by atoms with Gasteiger partial charge in [0.15, 0.2) is 0 Å². The van der Waals surface area contributed by atoms with Gasteiger partial charge in [0.2, 0.25) is 0 Å². The summed E-state index contributed by atoms with van der Waals surface area (Å²) in [7, 11) is 0. The van der Waals surface area contributed by atoms with E-state index in [4.69, 9.17) is 5.73 Å². The van der Waals surface area contributed by atoms with Crippen molar-refractivity contribution >= 4 is 15.9 Å². The van der Waals surface area contributed by atoms with Gasteiger partial charge in [0, 0.05) is 17.1 Å². The van der Waals surface area contributed by atoms with E-state index < -0.39 is 0 Å². The van der Waals surface area contributed by atoms with Crippen molar-refractivity contribution < 1.29 is 0 Å². The van der Waals surface area contributed by atoms with Crippen LogP contribution in [0, 0.1) is 6.92 Å². The van der Waals surface area contributed by atoms with Crippen LogP contribution in [-0.4, -0.2) is 24.5 Å². The van der Waals surface area contributed by atoms with Crippen molar-refractivity contribution in [2.24, 2.45) is 5.73 Å². The number of hydrogen-bond donors (Lipinski definition) is 1. The molecule has 0 amide bonds. The Morgan fingerprint density at radius 3 is 2.38 bits per heavy atom. The number of halogens is 1. The van der Waals surface area contributed by atoms with Crippen LogP contribution in [0.1, 0.15) is 31.0 Å². The summed E-state index contributed by atoms with van der Waals surface area (Å²) < 4.78 is 1.16. The molecule has 0 spiro atoms. The highest BCUT2D eigenvalue weighted by molar-refractivity contribution is 9.10. The number of nitrogens with zero attached hydrogens (tertiary/aromatic N) is 1. The van der Waals surface area contributed by atoms with Crippen molar-refractivity contribution in [2.45, 2.75) is 26.8 Å². The molecule has 90 valence electrons. The van der Waals surface area contributed by atoms with Crippen LogP contribution in [0.5, 0.6) is 0 Å². The lowest BCUT2D eigenvalue weighted by Gasteiger charge is -2.29. The molecule has 0 fully saturated rings. The molecule has 0 radical (unpaired) electrons. The van der Waals surface area contributed by atoms with Gasteiger partial charge in [0.05, 0.1) is 0 Å². The van der Waals surface area contributed by atoms with Gasteiger partial charge in [-0.2, -0.15) is 0 Å². The molecule has 0 aliphatic heterocycles. The third kappa shape index (κ3) is 3.06. The molecule has 16 heavy (non-hydrogen) atoms. The minimum atomic E-state index is 0.326. The summed E-state index contributed by atoms with van der Waals surface area (Å²) in [6.45, 7) is 9.18. The zero-order valence-corrected chi connectivity index (χ0v) is 11.9. The van der Waals surface area contributed by atoms with Gasteiger partial charge >= 0.3 is 0 Å². The summed E-state index contributed by atoms with van der Waals surface area (Å²) in [6.07, 6.45) is 0. The smallest absolute Gasteiger partial charge is 0.0470 e. The van der Waals surface area contributed by atoms with E-state index in [1.807, 2.05) is 0 Å². The molecule has 0 aliphatic carbocycles. The number of nitrogens with two attached hydrogens (primary N) is 1. The number of likely N-dealkylation sites (N-methyl/N-ethyl adjacent to an activating group) is 1. The Morgan fingerprint density at radius 1 is 1.31 bits per heavy atom. The minimum Gasteiger partial charge on any atom is -0.329 e. The quantitative estimate of drug-likeness (QED) is 0.900. The van der Waals surface area contributed by atoms with E-state index in [0.717, 1.165) is 17.6 Å². The third-order valence-electron chi connectivity index (χ3n) is 3.06. The zero-order valence-electron chi connectivity index (χ0n) is 10.3. The van der Waals surface area contributed by atoms with Gasteiger partial charge in [-0.1, -0.05) is 41.9 Å². The van der Waals surface area contributed by atoms with Gasteiger partial charge in [0.1, 0.15) is 0 Å². The predicted molar refractivity (Wildman–Crippen MR) is 73.6 cm³/mol. The van der Waals surface area contributed by atoms with Crippen molar-refractivity contribution in [2.75, 3.05) is 19.6 Å². The molecule has 1 aromatic carbocycles. The average molecular weight is 285 g/mol. The Hall–Kier alpha value is -0.380. The fourth-order valence-electron chi connectivity index (χ4n) is 1.98. The molecule has 0 aliphatic rings. The number of benzene rings is 1. The van der Waals surface area contributed by atoms with Crippen LogP contribution in [-0.2, 0) is 0 Å². The summed E-state index contributed by atoms with van der Waals surface area (Å²) in [4.78, 5) is 2.39. The molecule has 0 aromatic heterocycles. The first kappa shape index (κ1) is 13.7. The third-order valence-corrected chi connectivity index (χ3v) is 3.91. The number of hydrogen-bond acceptors (Lipinski definition) is 2. The summed E-state index contributed by atoms with van der Waals surface area (Å²) >= 11 is 3.58. The van der Waals surface area contributed by atoms with Crippen LogP contribution in [0.15, 0.2) is 22.7 Å². The molecule has 2 nitrogen and oxygen atoms in total. The van der Waals surface area contributed by atoms with Crippen molar-refractivity contribution in [1.82, 2.24) is 4.90 Å². The molecular formula is C13H21BrN2. The lowest BCUT2D eigenvalue weighted by Crippen LogP contribution is -2.33. The average Bonchev–Trinajstić information content (AvgIpc) is 2.29. The zero-order chi connectivity index (χ0) is 12.1. The van der Waals surface area contributed by atoms with Crippen molar-refractivity contribution in [3.8, 4) is 0 Å².